The zero-order chi connectivity index (χ0) is 21.0. The number of rotatable bonds is 6. The van der Waals surface area contributed by atoms with Crippen molar-refractivity contribution >= 4 is 11.6 Å². The smallest absolute Gasteiger partial charge is 0.0920 e. The average molecular weight is 428 g/mol. The first-order valence-electron chi connectivity index (χ1n) is 11.5. The van der Waals surface area contributed by atoms with Crippen LogP contribution in [-0.4, -0.2) is 34.7 Å². The first kappa shape index (κ1) is 21.8. The summed E-state index contributed by atoms with van der Waals surface area (Å²) in [5.74, 6) is 0. The van der Waals surface area contributed by atoms with Crippen LogP contribution in [0.1, 0.15) is 73.3 Å². The van der Waals surface area contributed by atoms with Crippen LogP contribution in [0.15, 0.2) is 42.5 Å². The molecule has 4 heteroatoms. The average Bonchev–Trinajstić information content (AvgIpc) is 3.00. The van der Waals surface area contributed by atoms with E-state index in [9.17, 15) is 10.2 Å². The molecule has 0 saturated carbocycles. The van der Waals surface area contributed by atoms with Gasteiger partial charge in [0.2, 0.25) is 0 Å². The molecule has 0 spiro atoms. The predicted molar refractivity (Wildman–Crippen MR) is 123 cm³/mol. The third-order valence-corrected chi connectivity index (χ3v) is 7.28. The Kier molecular flexibility index (Phi) is 7.15. The molecule has 1 aliphatic carbocycles. The summed E-state index contributed by atoms with van der Waals surface area (Å²) in [6, 6.07) is 14.2. The first-order chi connectivity index (χ1) is 14.5. The van der Waals surface area contributed by atoms with Gasteiger partial charge in [0.25, 0.3) is 0 Å². The predicted octanol–water partition coefficient (Wildman–Crippen LogP) is 5.41. The number of aryl methyl sites for hydroxylation is 2. The van der Waals surface area contributed by atoms with Gasteiger partial charge >= 0.3 is 0 Å². The summed E-state index contributed by atoms with van der Waals surface area (Å²) >= 11 is 5.98. The topological polar surface area (TPSA) is 43.7 Å². The van der Waals surface area contributed by atoms with Crippen molar-refractivity contribution in [1.29, 1.82) is 0 Å². The van der Waals surface area contributed by atoms with E-state index >= 15 is 0 Å². The van der Waals surface area contributed by atoms with Gasteiger partial charge in [0.05, 0.1) is 11.7 Å². The fourth-order valence-corrected chi connectivity index (χ4v) is 5.13. The van der Waals surface area contributed by atoms with Gasteiger partial charge in [0, 0.05) is 18.1 Å². The Morgan fingerprint density at radius 2 is 1.63 bits per heavy atom. The molecule has 4 rings (SSSR count). The summed E-state index contributed by atoms with van der Waals surface area (Å²) in [7, 11) is 0. The summed E-state index contributed by atoms with van der Waals surface area (Å²) in [4.78, 5) is 2.41. The molecular formula is C26H34ClNO2. The van der Waals surface area contributed by atoms with Crippen molar-refractivity contribution in [3.63, 3.8) is 0 Å². The van der Waals surface area contributed by atoms with E-state index in [1.165, 1.54) is 36.8 Å². The molecule has 2 N–H and O–H groups in total. The van der Waals surface area contributed by atoms with E-state index in [4.69, 9.17) is 11.6 Å². The quantitative estimate of drug-likeness (QED) is 0.606. The lowest BCUT2D eigenvalue weighted by Gasteiger charge is -2.38. The van der Waals surface area contributed by atoms with Crippen molar-refractivity contribution in [1.82, 2.24) is 4.90 Å². The monoisotopic (exact) mass is 427 g/mol. The summed E-state index contributed by atoms with van der Waals surface area (Å²) in [6.45, 7) is 2.74. The van der Waals surface area contributed by atoms with Crippen LogP contribution in [0.5, 0.6) is 0 Å². The number of hydrogen-bond donors (Lipinski definition) is 2. The summed E-state index contributed by atoms with van der Waals surface area (Å²) in [5.41, 5.74) is 4.21. The molecule has 1 aliphatic heterocycles. The third-order valence-electron chi connectivity index (χ3n) is 7.02. The third kappa shape index (κ3) is 5.26. The number of aliphatic hydroxyl groups excluding tert-OH is 1. The highest BCUT2D eigenvalue weighted by Gasteiger charge is 2.33. The molecule has 0 radical (unpaired) electrons. The van der Waals surface area contributed by atoms with Gasteiger partial charge in [-0.05, 0) is 92.3 Å². The standard InChI is InChI=1S/C26H34ClNO2/c27-24-12-10-23(11-13-24)26(30)14-17-28(18-15-26)16-4-7-25(29)22-9-8-20-5-2-1-3-6-21(20)19-22/h8-13,19,25,29-30H,1-7,14-18H2. The Balaban J connectivity index is 1.24. The number of piperidine rings is 1. The van der Waals surface area contributed by atoms with E-state index in [2.05, 4.69) is 23.1 Å². The molecule has 1 fully saturated rings. The van der Waals surface area contributed by atoms with Crippen LogP contribution in [0.3, 0.4) is 0 Å². The number of hydrogen-bond acceptors (Lipinski definition) is 3. The maximum Gasteiger partial charge on any atom is 0.0920 e. The van der Waals surface area contributed by atoms with Crippen molar-refractivity contribution in [2.24, 2.45) is 0 Å². The molecule has 2 aromatic rings. The number of benzene rings is 2. The second-order valence-corrected chi connectivity index (χ2v) is 9.56. The number of likely N-dealkylation sites (tertiary alicyclic amines) is 1. The van der Waals surface area contributed by atoms with E-state index in [-0.39, 0.29) is 6.10 Å². The van der Waals surface area contributed by atoms with Crippen molar-refractivity contribution in [2.45, 2.75) is 69.5 Å². The lowest BCUT2D eigenvalue weighted by molar-refractivity contribution is -0.0266. The van der Waals surface area contributed by atoms with Gasteiger partial charge in [-0.25, -0.2) is 0 Å². The number of halogens is 1. The highest BCUT2D eigenvalue weighted by molar-refractivity contribution is 6.30. The van der Waals surface area contributed by atoms with E-state index in [0.717, 1.165) is 62.9 Å². The molecule has 2 aromatic carbocycles. The highest BCUT2D eigenvalue weighted by atomic mass is 35.5. The van der Waals surface area contributed by atoms with Crippen LogP contribution in [0, 0.1) is 0 Å². The SMILES string of the molecule is OC(CCCN1CCC(O)(c2ccc(Cl)cc2)CC1)c1ccc2c(c1)CCCCC2. The zero-order valence-electron chi connectivity index (χ0n) is 17.8. The van der Waals surface area contributed by atoms with Crippen LogP contribution >= 0.6 is 11.6 Å². The van der Waals surface area contributed by atoms with Crippen molar-refractivity contribution in [2.75, 3.05) is 19.6 Å². The Morgan fingerprint density at radius 3 is 2.37 bits per heavy atom. The Hall–Kier alpha value is -1.39. The lowest BCUT2D eigenvalue weighted by atomic mass is 9.84. The van der Waals surface area contributed by atoms with Gasteiger partial charge in [-0.3, -0.25) is 0 Å². The number of aliphatic hydroxyl groups is 2. The summed E-state index contributed by atoms with van der Waals surface area (Å²) in [5, 5.41) is 22.4. The molecule has 162 valence electrons. The van der Waals surface area contributed by atoms with Gasteiger partial charge in [-0.15, -0.1) is 0 Å². The molecule has 3 nitrogen and oxygen atoms in total. The second-order valence-electron chi connectivity index (χ2n) is 9.13. The van der Waals surface area contributed by atoms with Crippen LogP contribution in [0.4, 0.5) is 0 Å². The van der Waals surface area contributed by atoms with E-state index in [1.807, 2.05) is 24.3 Å². The number of fused-ring (bicyclic) bond motifs is 1. The minimum atomic E-state index is -0.748. The molecule has 0 aromatic heterocycles. The van der Waals surface area contributed by atoms with E-state index in [0.29, 0.717) is 5.02 Å². The minimum Gasteiger partial charge on any atom is -0.388 e. The Labute approximate surface area is 185 Å². The Morgan fingerprint density at radius 1 is 0.933 bits per heavy atom. The molecule has 30 heavy (non-hydrogen) atoms. The molecule has 0 bridgehead atoms. The molecule has 1 heterocycles. The number of nitrogens with zero attached hydrogens (tertiary/aromatic N) is 1. The maximum atomic E-state index is 11.0. The summed E-state index contributed by atoms with van der Waals surface area (Å²) < 4.78 is 0. The van der Waals surface area contributed by atoms with E-state index < -0.39 is 5.60 Å². The van der Waals surface area contributed by atoms with Crippen molar-refractivity contribution < 1.29 is 10.2 Å². The fourth-order valence-electron chi connectivity index (χ4n) is 5.01. The van der Waals surface area contributed by atoms with Gasteiger partial charge in [-0.2, -0.15) is 0 Å². The van der Waals surface area contributed by atoms with Gasteiger partial charge in [-0.1, -0.05) is 48.4 Å². The molecule has 0 amide bonds. The van der Waals surface area contributed by atoms with Crippen LogP contribution in [0.2, 0.25) is 5.02 Å². The van der Waals surface area contributed by atoms with Crippen molar-refractivity contribution in [3.05, 3.63) is 69.7 Å². The first-order valence-corrected chi connectivity index (χ1v) is 11.9. The largest absolute Gasteiger partial charge is 0.388 e. The van der Waals surface area contributed by atoms with Gasteiger partial charge < -0.3 is 15.1 Å². The second kappa shape index (κ2) is 9.82. The van der Waals surface area contributed by atoms with Crippen LogP contribution < -0.4 is 0 Å². The van der Waals surface area contributed by atoms with Crippen molar-refractivity contribution in [3.8, 4) is 0 Å². The summed E-state index contributed by atoms with van der Waals surface area (Å²) in [6.07, 6.45) is 9.06. The van der Waals surface area contributed by atoms with Crippen LogP contribution in [0.25, 0.3) is 0 Å². The minimum absolute atomic E-state index is 0.380. The lowest BCUT2D eigenvalue weighted by Crippen LogP contribution is -2.42. The molecule has 1 unspecified atom stereocenters. The van der Waals surface area contributed by atoms with Gasteiger partial charge in [0.15, 0.2) is 0 Å². The van der Waals surface area contributed by atoms with Gasteiger partial charge in [0.1, 0.15) is 0 Å². The molecule has 1 saturated heterocycles. The molecular weight excluding hydrogens is 394 g/mol. The maximum absolute atomic E-state index is 11.0. The molecule has 2 aliphatic rings. The zero-order valence-corrected chi connectivity index (χ0v) is 18.6. The highest BCUT2D eigenvalue weighted by Crippen LogP contribution is 2.33. The Bertz CT molecular complexity index is 827. The normalized spacial score (nSPS) is 20.4. The van der Waals surface area contributed by atoms with E-state index in [1.54, 1.807) is 0 Å². The van der Waals surface area contributed by atoms with Crippen LogP contribution in [-0.2, 0) is 18.4 Å². The molecule has 1 atom stereocenters. The fraction of sp³-hybridized carbons (Fsp3) is 0.538.